The second-order valence-corrected chi connectivity index (χ2v) is 5.02. The first-order valence-electron chi connectivity index (χ1n) is 6.11. The fourth-order valence-corrected chi connectivity index (χ4v) is 2.12. The number of carboxylic acids is 1. The van der Waals surface area contributed by atoms with Crippen molar-refractivity contribution < 1.29 is 14.7 Å². The molecule has 2 atom stereocenters. The monoisotopic (exact) mass is 282 g/mol. The number of nitrogens with one attached hydrogen (secondary N) is 2. The number of hydrogen-bond donors (Lipinski definition) is 3. The normalized spacial score (nSPS) is 20.7. The van der Waals surface area contributed by atoms with Crippen molar-refractivity contribution in [2.45, 2.75) is 25.8 Å². The van der Waals surface area contributed by atoms with Crippen molar-refractivity contribution in [1.29, 1.82) is 0 Å². The molecule has 1 aliphatic rings. The topological polar surface area (TPSA) is 78.4 Å². The maximum Gasteiger partial charge on any atom is 0.335 e. The summed E-state index contributed by atoms with van der Waals surface area (Å²) in [5, 5.41) is 14.6. The van der Waals surface area contributed by atoms with Gasteiger partial charge in [0.25, 0.3) is 0 Å². The molecule has 0 bridgehead atoms. The summed E-state index contributed by atoms with van der Waals surface area (Å²) in [5.74, 6) is -0.514. The first-order chi connectivity index (χ1) is 9.01. The summed E-state index contributed by atoms with van der Waals surface area (Å²) in [4.78, 5) is 22.6. The van der Waals surface area contributed by atoms with Gasteiger partial charge < -0.3 is 15.7 Å². The molecule has 0 saturated heterocycles. The highest BCUT2D eigenvalue weighted by Gasteiger charge is 2.36. The largest absolute Gasteiger partial charge is 0.478 e. The first kappa shape index (κ1) is 13.7. The van der Waals surface area contributed by atoms with E-state index < -0.39 is 5.97 Å². The lowest BCUT2D eigenvalue weighted by Gasteiger charge is -2.09. The third-order valence-electron chi connectivity index (χ3n) is 3.22. The average Bonchev–Trinajstić information content (AvgIpc) is 3.09. The van der Waals surface area contributed by atoms with Gasteiger partial charge in [-0.25, -0.2) is 9.59 Å². The van der Waals surface area contributed by atoms with Crippen molar-refractivity contribution in [3.63, 3.8) is 0 Å². The van der Waals surface area contributed by atoms with Crippen LogP contribution in [0.2, 0.25) is 5.02 Å². The minimum Gasteiger partial charge on any atom is -0.478 e. The SMILES string of the molecule is CCC1CC1NC(=O)Nc1cc(C(=O)O)ccc1Cl. The standard InChI is InChI=1S/C13H15ClN2O3/c1-2-7-5-10(7)15-13(19)16-11-6-8(12(17)18)3-4-9(11)14/h3-4,6-7,10H,2,5H2,1H3,(H,17,18)(H2,15,16,19). The van der Waals surface area contributed by atoms with Crippen LogP contribution in [0, 0.1) is 5.92 Å². The maximum atomic E-state index is 11.7. The van der Waals surface area contributed by atoms with E-state index in [0.29, 0.717) is 16.6 Å². The summed E-state index contributed by atoms with van der Waals surface area (Å²) < 4.78 is 0. The van der Waals surface area contributed by atoms with Gasteiger partial charge in [0, 0.05) is 6.04 Å². The quantitative estimate of drug-likeness (QED) is 0.794. The Bertz CT molecular complexity index is 519. The molecular weight excluding hydrogens is 268 g/mol. The highest BCUT2D eigenvalue weighted by atomic mass is 35.5. The van der Waals surface area contributed by atoms with Gasteiger partial charge in [0.2, 0.25) is 0 Å². The van der Waals surface area contributed by atoms with Crippen LogP contribution in [0.3, 0.4) is 0 Å². The van der Waals surface area contributed by atoms with Gasteiger partial charge in [-0.3, -0.25) is 0 Å². The second kappa shape index (κ2) is 5.48. The number of carbonyl (C=O) groups is 2. The number of benzene rings is 1. The number of aromatic carboxylic acids is 1. The van der Waals surface area contributed by atoms with Crippen LogP contribution in [-0.2, 0) is 0 Å². The van der Waals surface area contributed by atoms with Gasteiger partial charge in [-0.15, -0.1) is 0 Å². The van der Waals surface area contributed by atoms with Gasteiger partial charge in [0.05, 0.1) is 16.3 Å². The second-order valence-electron chi connectivity index (χ2n) is 4.61. The van der Waals surface area contributed by atoms with Crippen molar-refractivity contribution >= 4 is 29.3 Å². The Morgan fingerprint density at radius 1 is 1.47 bits per heavy atom. The minimum absolute atomic E-state index is 0.0811. The van der Waals surface area contributed by atoms with E-state index in [1.54, 1.807) is 0 Å². The van der Waals surface area contributed by atoms with Crippen molar-refractivity contribution in [3.05, 3.63) is 28.8 Å². The lowest BCUT2D eigenvalue weighted by molar-refractivity contribution is 0.0697. The smallest absolute Gasteiger partial charge is 0.335 e. The molecule has 0 aromatic heterocycles. The Balaban J connectivity index is 2.00. The van der Waals surface area contributed by atoms with Crippen LogP contribution in [0.5, 0.6) is 0 Å². The summed E-state index contributed by atoms with van der Waals surface area (Å²) in [6.07, 6.45) is 2.03. The lowest BCUT2D eigenvalue weighted by Crippen LogP contribution is -2.31. The molecule has 2 rings (SSSR count). The lowest BCUT2D eigenvalue weighted by atomic mass is 10.2. The van der Waals surface area contributed by atoms with E-state index in [4.69, 9.17) is 16.7 Å². The van der Waals surface area contributed by atoms with Crippen LogP contribution in [0.4, 0.5) is 10.5 Å². The Morgan fingerprint density at radius 2 is 2.21 bits per heavy atom. The molecule has 2 amide bonds. The predicted molar refractivity (Wildman–Crippen MR) is 72.8 cm³/mol. The molecule has 5 nitrogen and oxygen atoms in total. The molecule has 1 aliphatic carbocycles. The molecule has 0 heterocycles. The third-order valence-corrected chi connectivity index (χ3v) is 3.55. The maximum absolute atomic E-state index is 11.7. The van der Waals surface area contributed by atoms with Crippen LogP contribution in [0.1, 0.15) is 30.1 Å². The summed E-state index contributed by atoms with van der Waals surface area (Å²) in [5.41, 5.74) is 0.380. The average molecular weight is 283 g/mol. The highest BCUT2D eigenvalue weighted by molar-refractivity contribution is 6.33. The zero-order chi connectivity index (χ0) is 14.0. The Morgan fingerprint density at radius 3 is 2.79 bits per heavy atom. The van der Waals surface area contributed by atoms with Gasteiger partial charge in [-0.1, -0.05) is 24.9 Å². The number of halogens is 1. The van der Waals surface area contributed by atoms with E-state index in [9.17, 15) is 9.59 Å². The fraction of sp³-hybridized carbons (Fsp3) is 0.385. The van der Waals surface area contributed by atoms with Crippen LogP contribution in [0.15, 0.2) is 18.2 Å². The molecule has 3 N–H and O–H groups in total. The molecule has 1 saturated carbocycles. The molecule has 1 fully saturated rings. The summed E-state index contributed by atoms with van der Waals surface area (Å²) in [6.45, 7) is 2.08. The number of anilines is 1. The van der Waals surface area contributed by atoms with Crippen LogP contribution < -0.4 is 10.6 Å². The van der Waals surface area contributed by atoms with Crippen molar-refractivity contribution in [1.82, 2.24) is 5.32 Å². The summed E-state index contributed by atoms with van der Waals surface area (Å²) >= 11 is 5.92. The molecule has 0 radical (unpaired) electrons. The van der Waals surface area contributed by atoms with Crippen molar-refractivity contribution in [3.8, 4) is 0 Å². The van der Waals surface area contributed by atoms with Crippen molar-refractivity contribution in [2.24, 2.45) is 5.92 Å². The number of rotatable bonds is 4. The molecule has 1 aromatic rings. The van der Waals surface area contributed by atoms with E-state index in [1.165, 1.54) is 18.2 Å². The number of carboxylic acid groups (broad SMARTS) is 1. The number of hydrogen-bond acceptors (Lipinski definition) is 2. The molecule has 102 valence electrons. The number of urea groups is 1. The van der Waals surface area contributed by atoms with E-state index >= 15 is 0 Å². The first-order valence-corrected chi connectivity index (χ1v) is 6.49. The third kappa shape index (κ3) is 3.38. The van der Waals surface area contributed by atoms with E-state index in [-0.39, 0.29) is 17.6 Å². The van der Waals surface area contributed by atoms with E-state index in [2.05, 4.69) is 17.6 Å². The van der Waals surface area contributed by atoms with Gasteiger partial charge in [-0.05, 0) is 30.5 Å². The van der Waals surface area contributed by atoms with Gasteiger partial charge in [0.15, 0.2) is 0 Å². The van der Waals surface area contributed by atoms with Crippen LogP contribution in [0.25, 0.3) is 0 Å². The van der Waals surface area contributed by atoms with Crippen LogP contribution >= 0.6 is 11.6 Å². The van der Waals surface area contributed by atoms with Gasteiger partial charge in [0.1, 0.15) is 0 Å². The van der Waals surface area contributed by atoms with Gasteiger partial charge >= 0.3 is 12.0 Å². The summed E-state index contributed by atoms with van der Waals surface area (Å²) in [7, 11) is 0. The Kier molecular flexibility index (Phi) is 3.95. The van der Waals surface area contributed by atoms with E-state index in [0.717, 1.165) is 12.8 Å². The molecule has 0 aliphatic heterocycles. The molecule has 19 heavy (non-hydrogen) atoms. The fourth-order valence-electron chi connectivity index (χ4n) is 1.96. The summed E-state index contributed by atoms with van der Waals surface area (Å²) in [6, 6.07) is 4.04. The number of carbonyl (C=O) groups excluding carboxylic acids is 1. The Hall–Kier alpha value is -1.75. The highest BCUT2D eigenvalue weighted by Crippen LogP contribution is 2.33. The molecule has 0 spiro atoms. The zero-order valence-electron chi connectivity index (χ0n) is 10.4. The Labute approximate surface area is 116 Å². The molecule has 1 aromatic carbocycles. The van der Waals surface area contributed by atoms with Gasteiger partial charge in [-0.2, -0.15) is 0 Å². The van der Waals surface area contributed by atoms with Crippen LogP contribution in [-0.4, -0.2) is 23.1 Å². The van der Waals surface area contributed by atoms with Crippen molar-refractivity contribution in [2.75, 3.05) is 5.32 Å². The zero-order valence-corrected chi connectivity index (χ0v) is 11.2. The molecule has 2 unspecified atom stereocenters. The van der Waals surface area contributed by atoms with E-state index in [1.807, 2.05) is 0 Å². The predicted octanol–water partition coefficient (Wildman–Crippen LogP) is 2.96. The molecular formula is C13H15ClN2O3. The minimum atomic E-state index is -1.06. The molecule has 6 heteroatoms. The number of amides is 2.